The van der Waals surface area contributed by atoms with Crippen molar-refractivity contribution in [1.29, 1.82) is 0 Å². The van der Waals surface area contributed by atoms with Gasteiger partial charge < -0.3 is 14.9 Å². The summed E-state index contributed by atoms with van der Waals surface area (Å²) in [5, 5.41) is 10.6. The Morgan fingerprint density at radius 3 is 2.95 bits per heavy atom. The molecule has 0 saturated heterocycles. The molecule has 0 saturated carbocycles. The van der Waals surface area contributed by atoms with Gasteiger partial charge >= 0.3 is 11.8 Å². The van der Waals surface area contributed by atoms with Crippen molar-refractivity contribution >= 4 is 17.4 Å². The van der Waals surface area contributed by atoms with Crippen LogP contribution in [0.5, 0.6) is 0 Å². The lowest BCUT2D eigenvalue weighted by Crippen LogP contribution is -2.20. The fraction of sp³-hybridized carbons (Fsp3) is 0.286. The zero-order chi connectivity index (χ0) is 14.5. The molecule has 104 valence electrons. The highest BCUT2D eigenvalue weighted by Crippen LogP contribution is 2.30. The molecule has 1 aliphatic carbocycles. The minimum absolute atomic E-state index is 0.214. The third-order valence-corrected chi connectivity index (χ3v) is 3.00. The average molecular weight is 274 g/mol. The predicted molar refractivity (Wildman–Crippen MR) is 72.7 cm³/mol. The Balaban J connectivity index is 2.28. The molecule has 1 aromatic heterocycles. The molecule has 20 heavy (non-hydrogen) atoms. The highest BCUT2D eigenvalue weighted by molar-refractivity contribution is 5.89. The highest BCUT2D eigenvalue weighted by atomic mass is 16.6. The van der Waals surface area contributed by atoms with E-state index in [1.807, 2.05) is 18.2 Å². The van der Waals surface area contributed by atoms with Crippen LogP contribution in [0.25, 0.3) is 5.57 Å². The van der Waals surface area contributed by atoms with Crippen molar-refractivity contribution in [3.8, 4) is 0 Å². The summed E-state index contributed by atoms with van der Waals surface area (Å²) in [4.78, 5) is 25.7. The Hall–Kier alpha value is -2.50. The van der Waals surface area contributed by atoms with Gasteiger partial charge in [0, 0.05) is 11.6 Å². The minimum atomic E-state index is -0.554. The van der Waals surface area contributed by atoms with Crippen molar-refractivity contribution in [2.24, 2.45) is 5.92 Å². The first-order chi connectivity index (χ1) is 9.63. The summed E-state index contributed by atoms with van der Waals surface area (Å²) in [6, 6.07) is 2.93. The van der Waals surface area contributed by atoms with E-state index in [2.05, 4.69) is 4.98 Å². The Morgan fingerprint density at radius 2 is 2.35 bits per heavy atom. The fourth-order valence-corrected chi connectivity index (χ4v) is 2.06. The van der Waals surface area contributed by atoms with Crippen LogP contribution in [0.2, 0.25) is 0 Å². The van der Waals surface area contributed by atoms with Crippen LogP contribution in [0.1, 0.15) is 18.9 Å². The van der Waals surface area contributed by atoms with Gasteiger partial charge in [0.1, 0.15) is 6.20 Å². The molecule has 0 fully saturated rings. The normalized spacial score (nSPS) is 17.4. The van der Waals surface area contributed by atoms with Crippen LogP contribution < -0.4 is 0 Å². The Bertz CT molecular complexity index is 575. The van der Waals surface area contributed by atoms with Crippen molar-refractivity contribution in [2.75, 3.05) is 6.61 Å². The lowest BCUT2D eigenvalue weighted by atomic mass is 9.87. The fourth-order valence-electron chi connectivity index (χ4n) is 2.06. The SMILES string of the molecule is CCOC(=O)C1CC=CC=C1c1ccc([N+](=O)[O-])nc1. The number of nitro groups is 1. The molecule has 0 bridgehead atoms. The first kappa shape index (κ1) is 13.9. The van der Waals surface area contributed by atoms with Crippen molar-refractivity contribution in [2.45, 2.75) is 13.3 Å². The van der Waals surface area contributed by atoms with Crippen molar-refractivity contribution < 1.29 is 14.5 Å². The van der Waals surface area contributed by atoms with Gasteiger partial charge in [-0.3, -0.25) is 4.79 Å². The lowest BCUT2D eigenvalue weighted by Gasteiger charge is -2.19. The first-order valence-corrected chi connectivity index (χ1v) is 6.27. The number of carbonyl (C=O) groups is 1. The second-order valence-electron chi connectivity index (χ2n) is 4.25. The third-order valence-electron chi connectivity index (χ3n) is 3.00. The van der Waals surface area contributed by atoms with Gasteiger partial charge in [0.25, 0.3) is 0 Å². The van der Waals surface area contributed by atoms with E-state index in [1.165, 1.54) is 12.3 Å². The van der Waals surface area contributed by atoms with E-state index in [0.717, 1.165) is 5.57 Å². The Labute approximate surface area is 115 Å². The molecule has 0 aromatic carbocycles. The molecule has 1 aromatic rings. The quantitative estimate of drug-likeness (QED) is 0.478. The van der Waals surface area contributed by atoms with Crippen molar-refractivity contribution in [1.82, 2.24) is 4.98 Å². The summed E-state index contributed by atoms with van der Waals surface area (Å²) < 4.78 is 5.05. The summed E-state index contributed by atoms with van der Waals surface area (Å²) in [5.41, 5.74) is 1.46. The van der Waals surface area contributed by atoms with Gasteiger partial charge in [-0.15, -0.1) is 0 Å². The molecule has 6 nitrogen and oxygen atoms in total. The van der Waals surface area contributed by atoms with Crippen LogP contribution >= 0.6 is 0 Å². The molecule has 2 rings (SSSR count). The van der Waals surface area contributed by atoms with E-state index in [-0.39, 0.29) is 17.7 Å². The molecule has 1 unspecified atom stereocenters. The van der Waals surface area contributed by atoms with Crippen LogP contribution in [-0.2, 0) is 9.53 Å². The second-order valence-corrected chi connectivity index (χ2v) is 4.25. The molecule has 0 amide bonds. The molecule has 0 aliphatic heterocycles. The molecular formula is C14H14N2O4. The van der Waals surface area contributed by atoms with Gasteiger partial charge in [0.05, 0.1) is 12.5 Å². The maximum absolute atomic E-state index is 11.9. The van der Waals surface area contributed by atoms with Crippen LogP contribution in [-0.4, -0.2) is 22.5 Å². The monoisotopic (exact) mass is 274 g/mol. The largest absolute Gasteiger partial charge is 0.466 e. The van der Waals surface area contributed by atoms with Crippen molar-refractivity contribution in [3.63, 3.8) is 0 Å². The van der Waals surface area contributed by atoms with Gasteiger partial charge in [-0.05, 0) is 34.9 Å². The van der Waals surface area contributed by atoms with Crippen LogP contribution in [0, 0.1) is 16.0 Å². The van der Waals surface area contributed by atoms with Crippen LogP contribution in [0.3, 0.4) is 0 Å². The van der Waals surface area contributed by atoms with Crippen molar-refractivity contribution in [3.05, 3.63) is 52.2 Å². The topological polar surface area (TPSA) is 82.3 Å². The zero-order valence-electron chi connectivity index (χ0n) is 11.0. The van der Waals surface area contributed by atoms with Gasteiger partial charge in [-0.1, -0.05) is 18.2 Å². The molecule has 0 N–H and O–H groups in total. The minimum Gasteiger partial charge on any atom is -0.466 e. The Kier molecular flexibility index (Phi) is 4.24. The maximum Gasteiger partial charge on any atom is 0.363 e. The highest BCUT2D eigenvalue weighted by Gasteiger charge is 2.26. The van der Waals surface area contributed by atoms with Crippen LogP contribution in [0.15, 0.2) is 36.6 Å². The van der Waals surface area contributed by atoms with Gasteiger partial charge in [0.2, 0.25) is 0 Å². The second kappa shape index (κ2) is 6.10. The van der Waals surface area contributed by atoms with E-state index in [0.29, 0.717) is 18.6 Å². The summed E-state index contributed by atoms with van der Waals surface area (Å²) in [5.74, 6) is -0.891. The molecule has 0 spiro atoms. The predicted octanol–water partition coefficient (Wildman–Crippen LogP) is 2.51. The molecular weight excluding hydrogens is 260 g/mol. The first-order valence-electron chi connectivity index (χ1n) is 6.27. The summed E-state index contributed by atoms with van der Waals surface area (Å²) in [6.07, 6.45) is 7.53. The summed E-state index contributed by atoms with van der Waals surface area (Å²) >= 11 is 0. The number of hydrogen-bond acceptors (Lipinski definition) is 5. The number of nitrogens with zero attached hydrogens (tertiary/aromatic N) is 2. The Morgan fingerprint density at radius 1 is 1.55 bits per heavy atom. The van der Waals surface area contributed by atoms with Gasteiger partial charge in [-0.25, -0.2) is 0 Å². The van der Waals surface area contributed by atoms with E-state index < -0.39 is 4.92 Å². The molecule has 1 heterocycles. The van der Waals surface area contributed by atoms with E-state index in [9.17, 15) is 14.9 Å². The lowest BCUT2D eigenvalue weighted by molar-refractivity contribution is -0.389. The summed E-state index contributed by atoms with van der Waals surface area (Å²) in [6.45, 7) is 2.08. The average Bonchev–Trinajstić information content (AvgIpc) is 2.47. The summed E-state index contributed by atoms with van der Waals surface area (Å²) in [7, 11) is 0. The number of allylic oxidation sites excluding steroid dienone is 3. The standard InChI is InChI=1S/C14H14N2O4/c1-2-20-14(17)12-6-4-3-5-11(12)10-7-8-13(15-9-10)16(18)19/h3-5,7-9,12H,2,6H2,1H3. The number of aromatic nitrogens is 1. The number of ether oxygens (including phenoxy) is 1. The number of hydrogen-bond donors (Lipinski definition) is 0. The molecule has 6 heteroatoms. The van der Waals surface area contributed by atoms with E-state index >= 15 is 0 Å². The van der Waals surface area contributed by atoms with E-state index in [1.54, 1.807) is 13.0 Å². The number of rotatable bonds is 4. The zero-order valence-corrected chi connectivity index (χ0v) is 11.0. The van der Waals surface area contributed by atoms with E-state index in [4.69, 9.17) is 4.74 Å². The molecule has 1 aliphatic rings. The van der Waals surface area contributed by atoms with Crippen LogP contribution in [0.4, 0.5) is 5.82 Å². The smallest absolute Gasteiger partial charge is 0.363 e. The van der Waals surface area contributed by atoms with Gasteiger partial charge in [-0.2, -0.15) is 0 Å². The molecule has 1 atom stereocenters. The third kappa shape index (κ3) is 2.90. The van der Waals surface area contributed by atoms with Gasteiger partial charge in [0.15, 0.2) is 0 Å². The number of carbonyl (C=O) groups excluding carboxylic acids is 1. The molecule has 0 radical (unpaired) electrons. The number of esters is 1. The maximum atomic E-state index is 11.9. The number of pyridine rings is 1.